The predicted molar refractivity (Wildman–Crippen MR) is 150 cm³/mol. The van der Waals surface area contributed by atoms with Crippen molar-refractivity contribution in [3.05, 3.63) is 94.4 Å². The Bertz CT molecular complexity index is 1670. The first-order chi connectivity index (χ1) is 19.4. The zero-order valence-electron chi connectivity index (χ0n) is 22.7. The van der Waals surface area contributed by atoms with Crippen molar-refractivity contribution in [2.24, 2.45) is 0 Å². The molecule has 3 heterocycles. The molecule has 0 bridgehead atoms. The van der Waals surface area contributed by atoms with Crippen molar-refractivity contribution in [3.8, 4) is 0 Å². The topological polar surface area (TPSA) is 103 Å². The number of fused-ring (bicyclic) bond motifs is 1. The summed E-state index contributed by atoms with van der Waals surface area (Å²) in [7, 11) is 1.61. The molecule has 0 saturated carbocycles. The molecule has 9 nitrogen and oxygen atoms in total. The Morgan fingerprint density at radius 1 is 0.976 bits per heavy atom. The highest BCUT2D eigenvalue weighted by atomic mass is 19.4. The van der Waals surface area contributed by atoms with Gasteiger partial charge in [0.2, 0.25) is 5.95 Å². The van der Waals surface area contributed by atoms with Gasteiger partial charge < -0.3 is 10.6 Å². The van der Waals surface area contributed by atoms with Crippen molar-refractivity contribution >= 4 is 40.8 Å². The number of aromatic nitrogens is 3. The monoisotopic (exact) mass is 561 g/mol. The van der Waals surface area contributed by atoms with E-state index in [4.69, 9.17) is 0 Å². The number of nitrogens with zero attached hydrogens (tertiary/aromatic N) is 5. The molecule has 2 aromatic carbocycles. The Morgan fingerprint density at radius 3 is 2.49 bits per heavy atom. The number of carbonyl (C=O) groups excluding carboxylic acids is 2. The Balaban J connectivity index is 1.38. The highest BCUT2D eigenvalue weighted by molar-refractivity contribution is 6.07. The molecule has 0 unspecified atom stereocenters. The van der Waals surface area contributed by atoms with Gasteiger partial charge in [-0.1, -0.05) is 12.1 Å². The largest absolute Gasteiger partial charge is 0.416 e. The van der Waals surface area contributed by atoms with E-state index in [-0.39, 0.29) is 18.1 Å². The van der Waals surface area contributed by atoms with Gasteiger partial charge in [0.1, 0.15) is 5.82 Å². The van der Waals surface area contributed by atoms with Crippen molar-refractivity contribution in [2.45, 2.75) is 33.5 Å². The number of carbonyl (C=O) groups is 2. The maximum Gasteiger partial charge on any atom is 0.416 e. The molecule has 4 aromatic rings. The van der Waals surface area contributed by atoms with E-state index in [0.717, 1.165) is 34.6 Å². The van der Waals surface area contributed by atoms with Crippen LogP contribution < -0.4 is 20.4 Å². The first-order valence-electron chi connectivity index (χ1n) is 12.6. The van der Waals surface area contributed by atoms with Crippen molar-refractivity contribution in [2.75, 3.05) is 27.5 Å². The van der Waals surface area contributed by atoms with Gasteiger partial charge in [-0.3, -0.25) is 19.6 Å². The highest BCUT2D eigenvalue weighted by Crippen LogP contribution is 2.34. The third-order valence-corrected chi connectivity index (χ3v) is 6.71. The second-order valence-corrected chi connectivity index (χ2v) is 9.77. The fourth-order valence-electron chi connectivity index (χ4n) is 4.52. The number of hydrogen-bond acceptors (Lipinski definition) is 6. The molecule has 12 heteroatoms. The number of nitrogens with one attached hydrogen (secondary N) is 2. The summed E-state index contributed by atoms with van der Waals surface area (Å²) in [4.78, 5) is 42.4. The Hall–Kier alpha value is -5.00. The summed E-state index contributed by atoms with van der Waals surface area (Å²) < 4.78 is 39.3. The van der Waals surface area contributed by atoms with E-state index >= 15 is 0 Å². The average Bonchev–Trinajstić information content (AvgIpc) is 2.93. The molecule has 3 amide bonds. The van der Waals surface area contributed by atoms with E-state index in [1.165, 1.54) is 21.9 Å². The van der Waals surface area contributed by atoms with E-state index in [2.05, 4.69) is 25.6 Å². The van der Waals surface area contributed by atoms with Crippen LogP contribution in [0.2, 0.25) is 0 Å². The van der Waals surface area contributed by atoms with Gasteiger partial charge in [-0.25, -0.2) is 9.78 Å². The molecule has 5 rings (SSSR count). The van der Waals surface area contributed by atoms with E-state index in [1.807, 2.05) is 26.8 Å². The standard InChI is InChI=1S/C29H26F3N7O2/c1-16-8-9-22(35-26(40)19-6-5-7-21(11-19)29(30,31)32)12-24(16)39-15-20-13-34-27(37-25(20)38(4)28(39)41)36-23-14-33-18(3)10-17(23)2/h5-14H,15H2,1-4H3,(H,35,40)(H,34,36,37). The van der Waals surface area contributed by atoms with Crippen molar-refractivity contribution in [3.63, 3.8) is 0 Å². The molecular formula is C29H26F3N7O2. The molecule has 41 heavy (non-hydrogen) atoms. The molecule has 0 spiro atoms. The maximum absolute atomic E-state index is 13.5. The Labute approximate surface area is 234 Å². The number of pyridine rings is 1. The molecule has 210 valence electrons. The van der Waals surface area contributed by atoms with Crippen LogP contribution in [0.5, 0.6) is 0 Å². The van der Waals surface area contributed by atoms with E-state index in [1.54, 1.807) is 37.6 Å². The third kappa shape index (κ3) is 5.67. The van der Waals surface area contributed by atoms with E-state index in [9.17, 15) is 22.8 Å². The average molecular weight is 562 g/mol. The van der Waals surface area contributed by atoms with Crippen LogP contribution >= 0.6 is 0 Å². The third-order valence-electron chi connectivity index (χ3n) is 6.71. The Kier molecular flexibility index (Phi) is 7.08. The minimum Gasteiger partial charge on any atom is -0.323 e. The zero-order chi connectivity index (χ0) is 29.5. The quantitative estimate of drug-likeness (QED) is 0.293. The Morgan fingerprint density at radius 2 is 1.76 bits per heavy atom. The minimum absolute atomic E-state index is 0.136. The number of urea groups is 1. The molecule has 2 aromatic heterocycles. The number of alkyl halides is 3. The summed E-state index contributed by atoms with van der Waals surface area (Å²) in [5, 5.41) is 5.78. The van der Waals surface area contributed by atoms with Gasteiger partial charge in [-0.15, -0.1) is 0 Å². The highest BCUT2D eigenvalue weighted by Gasteiger charge is 2.32. The van der Waals surface area contributed by atoms with Crippen molar-refractivity contribution in [1.29, 1.82) is 0 Å². The first kappa shape index (κ1) is 27.6. The maximum atomic E-state index is 13.5. The number of aryl methyl sites for hydroxylation is 3. The number of hydrogen-bond donors (Lipinski definition) is 2. The van der Waals surface area contributed by atoms with Gasteiger partial charge in [-0.05, 0) is 68.3 Å². The summed E-state index contributed by atoms with van der Waals surface area (Å²) in [5.41, 5.74) is 3.88. The number of anilines is 5. The molecule has 0 saturated heterocycles. The summed E-state index contributed by atoms with van der Waals surface area (Å²) in [5.74, 6) is 0.0694. The van der Waals surface area contributed by atoms with Gasteiger partial charge in [0.15, 0.2) is 0 Å². The molecule has 0 fully saturated rings. The second-order valence-electron chi connectivity index (χ2n) is 9.77. The van der Waals surface area contributed by atoms with Crippen LogP contribution in [0, 0.1) is 20.8 Å². The van der Waals surface area contributed by atoms with E-state index in [0.29, 0.717) is 28.7 Å². The summed E-state index contributed by atoms with van der Waals surface area (Å²) in [6.45, 7) is 5.84. The summed E-state index contributed by atoms with van der Waals surface area (Å²) in [6, 6.07) is 10.7. The lowest BCUT2D eigenvalue weighted by molar-refractivity contribution is -0.137. The molecule has 0 aliphatic carbocycles. The lowest BCUT2D eigenvalue weighted by Gasteiger charge is -2.35. The smallest absolute Gasteiger partial charge is 0.323 e. The van der Waals surface area contributed by atoms with Gasteiger partial charge in [0.25, 0.3) is 5.91 Å². The minimum atomic E-state index is -4.57. The summed E-state index contributed by atoms with van der Waals surface area (Å²) in [6.07, 6.45) is -1.22. The molecule has 0 radical (unpaired) electrons. The SMILES string of the molecule is Cc1cc(C)c(Nc2ncc3c(n2)N(C)C(=O)N(c2cc(NC(=O)c4cccc(C(F)(F)F)c4)ccc2C)C3)cn1. The van der Waals surface area contributed by atoms with Crippen molar-refractivity contribution in [1.82, 2.24) is 15.0 Å². The second kappa shape index (κ2) is 10.5. The molecule has 1 aliphatic heterocycles. The fourth-order valence-corrected chi connectivity index (χ4v) is 4.52. The number of benzene rings is 2. The van der Waals surface area contributed by atoms with Crippen LogP contribution in [0.3, 0.4) is 0 Å². The number of halogens is 3. The van der Waals surface area contributed by atoms with Crippen LogP contribution in [0.15, 0.2) is 60.9 Å². The normalized spacial score (nSPS) is 13.2. The van der Waals surface area contributed by atoms with Crippen molar-refractivity contribution < 1.29 is 22.8 Å². The number of rotatable bonds is 5. The first-order valence-corrected chi connectivity index (χ1v) is 12.6. The van der Waals surface area contributed by atoms with Gasteiger partial charge in [-0.2, -0.15) is 18.2 Å². The van der Waals surface area contributed by atoms with Gasteiger partial charge in [0.05, 0.1) is 29.7 Å². The molecule has 0 atom stereocenters. The lowest BCUT2D eigenvalue weighted by atomic mass is 10.1. The van der Waals surface area contributed by atoms with Crippen LogP contribution in [-0.4, -0.2) is 33.9 Å². The van der Waals surface area contributed by atoms with Crippen LogP contribution in [-0.2, 0) is 12.7 Å². The lowest BCUT2D eigenvalue weighted by Crippen LogP contribution is -2.46. The molecule has 2 N–H and O–H groups in total. The summed E-state index contributed by atoms with van der Waals surface area (Å²) >= 11 is 0. The molecule has 1 aliphatic rings. The fraction of sp³-hybridized carbons (Fsp3) is 0.207. The van der Waals surface area contributed by atoms with Crippen LogP contribution in [0.25, 0.3) is 0 Å². The van der Waals surface area contributed by atoms with E-state index < -0.39 is 17.6 Å². The number of amides is 3. The zero-order valence-corrected chi connectivity index (χ0v) is 22.7. The van der Waals surface area contributed by atoms with Gasteiger partial charge in [0, 0.05) is 35.8 Å². The predicted octanol–water partition coefficient (Wildman–Crippen LogP) is 6.39. The van der Waals surface area contributed by atoms with Gasteiger partial charge >= 0.3 is 12.2 Å². The molecular weight excluding hydrogens is 535 g/mol. The van der Waals surface area contributed by atoms with Crippen LogP contribution in [0.1, 0.15) is 38.3 Å². The van der Waals surface area contributed by atoms with Crippen LogP contribution in [0.4, 0.5) is 46.8 Å².